The van der Waals surface area contributed by atoms with Crippen LogP contribution in [0.25, 0.3) is 0 Å². The van der Waals surface area contributed by atoms with E-state index in [0.29, 0.717) is 0 Å². The first-order valence-electron chi connectivity index (χ1n) is 3.40. The van der Waals surface area contributed by atoms with Gasteiger partial charge in [-0.05, 0) is 19.1 Å². The molecule has 11 heavy (non-hydrogen) atoms. The summed E-state index contributed by atoms with van der Waals surface area (Å²) in [5.74, 6) is 2.32. The van der Waals surface area contributed by atoms with Crippen molar-refractivity contribution in [2.75, 3.05) is 0 Å². The predicted octanol–water partition coefficient (Wildman–Crippen LogP) is 0.866. The smallest absolute Gasteiger partial charge is 0.162 e. The molecule has 0 saturated carbocycles. The Labute approximate surface area is 66.5 Å². The second-order valence-corrected chi connectivity index (χ2v) is 2.72. The Balaban J connectivity index is 3.13. The van der Waals surface area contributed by atoms with E-state index in [9.17, 15) is 5.11 Å². The highest BCUT2D eigenvalue weighted by atomic mass is 16.3. The number of hydrogen-bond donors (Lipinski definition) is 1. The van der Waals surface area contributed by atoms with Crippen LogP contribution in [-0.2, 0) is 12.6 Å². The maximum absolute atomic E-state index is 9.61. The summed E-state index contributed by atoms with van der Waals surface area (Å²) in [6.45, 7) is 1.60. The molecule has 0 aromatic carbocycles. The normalized spacial score (nSPS) is 15.5. The maximum Gasteiger partial charge on any atom is 0.162 e. The molecule has 1 rings (SSSR count). The first kappa shape index (κ1) is 7.90. The summed E-state index contributed by atoms with van der Waals surface area (Å²) >= 11 is 0. The zero-order valence-electron chi connectivity index (χ0n) is 6.70. The van der Waals surface area contributed by atoms with Gasteiger partial charge in [0.25, 0.3) is 0 Å². The monoisotopic (exact) mass is 149 g/mol. The number of aryl methyl sites for hydroxylation is 1. The molecule has 2 nitrogen and oxygen atoms in total. The molecular weight excluding hydrogens is 138 g/mol. The van der Waals surface area contributed by atoms with E-state index in [1.165, 1.54) is 0 Å². The molecule has 0 fully saturated rings. The number of aliphatic hydroxyl groups is 1. The Kier molecular flexibility index (Phi) is 1.76. The van der Waals surface area contributed by atoms with Gasteiger partial charge in [-0.1, -0.05) is 5.92 Å². The molecule has 0 spiro atoms. The zero-order chi connectivity index (χ0) is 8.48. The highest BCUT2D eigenvalue weighted by Crippen LogP contribution is 2.18. The lowest BCUT2D eigenvalue weighted by Crippen LogP contribution is -2.21. The molecular formula is C9H11NO. The van der Waals surface area contributed by atoms with Crippen molar-refractivity contribution in [2.45, 2.75) is 12.5 Å². The third-order valence-corrected chi connectivity index (χ3v) is 1.72. The second kappa shape index (κ2) is 2.44. The van der Waals surface area contributed by atoms with Crippen LogP contribution in [0.5, 0.6) is 0 Å². The first-order chi connectivity index (χ1) is 5.08. The largest absolute Gasteiger partial charge is 0.372 e. The van der Waals surface area contributed by atoms with Crippen molar-refractivity contribution >= 4 is 0 Å². The summed E-state index contributed by atoms with van der Waals surface area (Å²) in [6.07, 6.45) is 7.00. The van der Waals surface area contributed by atoms with Gasteiger partial charge in [-0.25, -0.2) is 0 Å². The van der Waals surface area contributed by atoms with Gasteiger partial charge < -0.3 is 9.67 Å². The molecule has 0 radical (unpaired) electrons. The number of rotatable bonds is 1. The van der Waals surface area contributed by atoms with E-state index in [1.807, 2.05) is 19.3 Å². The van der Waals surface area contributed by atoms with E-state index in [4.69, 9.17) is 6.42 Å². The molecule has 0 aliphatic heterocycles. The summed E-state index contributed by atoms with van der Waals surface area (Å²) in [7, 11) is 1.85. The van der Waals surface area contributed by atoms with Crippen LogP contribution in [0.2, 0.25) is 0 Å². The quantitative estimate of drug-likeness (QED) is 0.589. The highest BCUT2D eigenvalue weighted by molar-refractivity contribution is 5.24. The predicted molar refractivity (Wildman–Crippen MR) is 43.8 cm³/mol. The maximum atomic E-state index is 9.61. The summed E-state index contributed by atoms with van der Waals surface area (Å²) in [6, 6.07) is 3.65. The van der Waals surface area contributed by atoms with E-state index in [0.717, 1.165) is 5.69 Å². The molecule has 0 amide bonds. The first-order valence-corrected chi connectivity index (χ1v) is 3.40. The van der Waals surface area contributed by atoms with Crippen LogP contribution in [0.4, 0.5) is 0 Å². The molecule has 1 N–H and O–H groups in total. The zero-order valence-corrected chi connectivity index (χ0v) is 6.70. The van der Waals surface area contributed by atoms with Gasteiger partial charge in [-0.3, -0.25) is 0 Å². The molecule has 2 heteroatoms. The van der Waals surface area contributed by atoms with Gasteiger partial charge in [0.2, 0.25) is 0 Å². The second-order valence-electron chi connectivity index (χ2n) is 2.72. The molecule has 0 saturated heterocycles. The van der Waals surface area contributed by atoms with Crippen molar-refractivity contribution in [3.05, 3.63) is 24.0 Å². The van der Waals surface area contributed by atoms with Gasteiger partial charge in [0.05, 0.1) is 5.69 Å². The molecule has 1 atom stereocenters. The van der Waals surface area contributed by atoms with Crippen molar-refractivity contribution in [3.63, 3.8) is 0 Å². The Morgan fingerprint density at radius 1 is 1.73 bits per heavy atom. The van der Waals surface area contributed by atoms with Crippen molar-refractivity contribution in [1.29, 1.82) is 0 Å². The Morgan fingerprint density at radius 2 is 2.36 bits per heavy atom. The van der Waals surface area contributed by atoms with Crippen LogP contribution in [0.3, 0.4) is 0 Å². The van der Waals surface area contributed by atoms with Crippen molar-refractivity contribution in [3.8, 4) is 12.3 Å². The number of nitrogens with zero attached hydrogens (tertiary/aromatic N) is 1. The topological polar surface area (TPSA) is 25.2 Å². The molecule has 0 unspecified atom stereocenters. The molecule has 0 bridgehead atoms. The summed E-state index contributed by atoms with van der Waals surface area (Å²) in [5.41, 5.74) is -0.418. The number of terminal acetylenes is 1. The van der Waals surface area contributed by atoms with E-state index < -0.39 is 5.60 Å². The molecule has 1 aromatic rings. The van der Waals surface area contributed by atoms with Crippen molar-refractivity contribution in [1.82, 2.24) is 4.57 Å². The van der Waals surface area contributed by atoms with Gasteiger partial charge in [0.1, 0.15) is 0 Å². The Bertz CT molecular complexity index is 291. The van der Waals surface area contributed by atoms with Crippen LogP contribution in [0, 0.1) is 12.3 Å². The van der Waals surface area contributed by atoms with Crippen molar-refractivity contribution < 1.29 is 5.11 Å². The minimum absolute atomic E-state index is 0.736. The number of hydrogen-bond acceptors (Lipinski definition) is 1. The van der Waals surface area contributed by atoms with Gasteiger partial charge in [-0.2, -0.15) is 0 Å². The third kappa shape index (κ3) is 1.28. The summed E-state index contributed by atoms with van der Waals surface area (Å²) in [4.78, 5) is 0. The minimum Gasteiger partial charge on any atom is -0.372 e. The van der Waals surface area contributed by atoms with E-state index in [1.54, 1.807) is 17.6 Å². The highest BCUT2D eigenvalue weighted by Gasteiger charge is 2.21. The molecule has 1 aromatic heterocycles. The standard InChI is InChI=1S/C9H11NO/c1-4-9(2,11)8-6-5-7-10(8)3/h1,5-7,11H,2-3H3/t9-/m1/s1. The van der Waals surface area contributed by atoms with E-state index >= 15 is 0 Å². The van der Waals surface area contributed by atoms with Gasteiger partial charge >= 0.3 is 0 Å². The van der Waals surface area contributed by atoms with Crippen LogP contribution in [0.15, 0.2) is 18.3 Å². The molecule has 0 aliphatic rings. The summed E-state index contributed by atoms with van der Waals surface area (Å²) < 4.78 is 1.81. The molecule has 0 aliphatic carbocycles. The minimum atomic E-state index is -1.15. The fourth-order valence-electron chi connectivity index (χ4n) is 1.04. The fourth-order valence-corrected chi connectivity index (χ4v) is 1.04. The Morgan fingerprint density at radius 3 is 2.73 bits per heavy atom. The van der Waals surface area contributed by atoms with Crippen LogP contribution in [0.1, 0.15) is 12.6 Å². The molecule has 58 valence electrons. The van der Waals surface area contributed by atoms with Gasteiger partial charge in [0, 0.05) is 13.2 Å². The Hall–Kier alpha value is -1.20. The fraction of sp³-hybridized carbons (Fsp3) is 0.333. The summed E-state index contributed by atoms with van der Waals surface area (Å²) in [5, 5.41) is 9.61. The van der Waals surface area contributed by atoms with E-state index in [2.05, 4.69) is 5.92 Å². The van der Waals surface area contributed by atoms with E-state index in [-0.39, 0.29) is 0 Å². The van der Waals surface area contributed by atoms with Crippen LogP contribution < -0.4 is 0 Å². The lowest BCUT2D eigenvalue weighted by atomic mass is 10.0. The lowest BCUT2D eigenvalue weighted by molar-refractivity contribution is 0.114. The average Bonchev–Trinajstić information content (AvgIpc) is 2.36. The van der Waals surface area contributed by atoms with Gasteiger partial charge in [0.15, 0.2) is 5.60 Å². The third-order valence-electron chi connectivity index (χ3n) is 1.72. The van der Waals surface area contributed by atoms with Crippen LogP contribution in [-0.4, -0.2) is 9.67 Å². The molecule has 1 heterocycles. The van der Waals surface area contributed by atoms with Gasteiger partial charge in [-0.15, -0.1) is 6.42 Å². The average molecular weight is 149 g/mol. The van der Waals surface area contributed by atoms with Crippen molar-refractivity contribution in [2.24, 2.45) is 7.05 Å². The SMILES string of the molecule is C#C[C@@](C)(O)c1cccn1C. The van der Waals surface area contributed by atoms with Crippen LogP contribution >= 0.6 is 0 Å². The number of aromatic nitrogens is 1. The lowest BCUT2D eigenvalue weighted by Gasteiger charge is -2.16.